The Labute approximate surface area is 160 Å². The number of nitrogens with one attached hydrogen (secondary N) is 2. The number of hydrogen-bond donors (Lipinski definition) is 2. The lowest BCUT2D eigenvalue weighted by atomic mass is 10.3. The number of thiazole rings is 1. The van der Waals surface area contributed by atoms with Gasteiger partial charge in [0.05, 0.1) is 18.4 Å². The van der Waals surface area contributed by atoms with E-state index in [4.69, 9.17) is 23.8 Å². The van der Waals surface area contributed by atoms with Crippen molar-refractivity contribution in [1.29, 1.82) is 0 Å². The van der Waals surface area contributed by atoms with Gasteiger partial charge in [-0.1, -0.05) is 23.6 Å². The molecule has 0 radical (unpaired) electrons. The molecule has 1 fully saturated rings. The minimum atomic E-state index is 0.540. The summed E-state index contributed by atoms with van der Waals surface area (Å²) in [6.07, 6.45) is 4.31. The van der Waals surface area contributed by atoms with Crippen molar-refractivity contribution in [3.05, 3.63) is 52.3 Å². The molecule has 1 aromatic carbocycles. The van der Waals surface area contributed by atoms with Gasteiger partial charge in [0.1, 0.15) is 5.69 Å². The molecule has 4 rings (SSSR count). The van der Waals surface area contributed by atoms with Crippen molar-refractivity contribution in [3.8, 4) is 11.8 Å². The van der Waals surface area contributed by atoms with E-state index in [0.29, 0.717) is 22.6 Å². The molecule has 1 saturated carbocycles. The maximum Gasteiger partial charge on any atom is 0.194 e. The lowest BCUT2D eigenvalue weighted by Crippen LogP contribution is -2.28. The summed E-state index contributed by atoms with van der Waals surface area (Å²) in [6, 6.07) is 7.45. The third kappa shape index (κ3) is 3.96. The second kappa shape index (κ2) is 7.04. The summed E-state index contributed by atoms with van der Waals surface area (Å²) in [7, 11) is 0. The van der Waals surface area contributed by atoms with Crippen LogP contribution in [0.15, 0.2) is 35.8 Å². The first-order chi connectivity index (χ1) is 12.2. The van der Waals surface area contributed by atoms with E-state index < -0.39 is 0 Å². The van der Waals surface area contributed by atoms with E-state index >= 15 is 0 Å². The molecule has 1 aliphatic rings. The molecule has 0 bridgehead atoms. The first kappa shape index (κ1) is 16.4. The maximum absolute atomic E-state index is 5.99. The summed E-state index contributed by atoms with van der Waals surface area (Å²) >= 11 is 13.0. The SMILES string of the molecule is S=C(NCc1cnc2scc(C#CC3CC3)n12)Nc1cccc(Cl)c1. The molecule has 7 heteroatoms. The van der Waals surface area contributed by atoms with Gasteiger partial charge in [-0.3, -0.25) is 4.40 Å². The van der Waals surface area contributed by atoms with Gasteiger partial charge in [0, 0.05) is 22.0 Å². The van der Waals surface area contributed by atoms with Crippen LogP contribution in [0.25, 0.3) is 4.96 Å². The van der Waals surface area contributed by atoms with Gasteiger partial charge in [-0.25, -0.2) is 4.98 Å². The summed E-state index contributed by atoms with van der Waals surface area (Å²) in [5.41, 5.74) is 2.89. The fourth-order valence-electron chi connectivity index (χ4n) is 2.40. The number of rotatable bonds is 3. The van der Waals surface area contributed by atoms with E-state index in [1.165, 1.54) is 12.8 Å². The fourth-order valence-corrected chi connectivity index (χ4v) is 3.59. The van der Waals surface area contributed by atoms with Gasteiger partial charge < -0.3 is 10.6 Å². The predicted octanol–water partition coefficient (Wildman–Crippen LogP) is 4.30. The van der Waals surface area contributed by atoms with Gasteiger partial charge >= 0.3 is 0 Å². The van der Waals surface area contributed by atoms with Crippen molar-refractivity contribution < 1.29 is 0 Å². The van der Waals surface area contributed by atoms with Crippen LogP contribution in [0.5, 0.6) is 0 Å². The number of fused-ring (bicyclic) bond motifs is 1. The first-order valence-corrected chi connectivity index (χ1v) is 9.61. The van der Waals surface area contributed by atoms with Crippen molar-refractivity contribution in [2.24, 2.45) is 5.92 Å². The van der Waals surface area contributed by atoms with Gasteiger partial charge in [0.2, 0.25) is 0 Å². The molecule has 2 aromatic heterocycles. The van der Waals surface area contributed by atoms with Gasteiger partial charge in [-0.2, -0.15) is 0 Å². The molecule has 4 nitrogen and oxygen atoms in total. The Morgan fingerprint density at radius 3 is 3.12 bits per heavy atom. The predicted molar refractivity (Wildman–Crippen MR) is 107 cm³/mol. The quantitative estimate of drug-likeness (QED) is 0.520. The number of halogens is 1. The smallest absolute Gasteiger partial charge is 0.194 e. The van der Waals surface area contributed by atoms with Gasteiger partial charge in [-0.05, 0) is 49.2 Å². The molecule has 3 aromatic rings. The van der Waals surface area contributed by atoms with Crippen LogP contribution in [0.4, 0.5) is 5.69 Å². The van der Waals surface area contributed by atoms with Crippen LogP contribution < -0.4 is 10.6 Å². The number of anilines is 1. The fraction of sp³-hybridized carbons (Fsp3) is 0.222. The molecule has 0 aliphatic heterocycles. The Bertz CT molecular complexity index is 991. The third-order valence-electron chi connectivity index (χ3n) is 3.81. The Balaban J connectivity index is 1.45. The van der Waals surface area contributed by atoms with E-state index in [1.807, 2.05) is 30.5 Å². The molecule has 126 valence electrons. The zero-order valence-corrected chi connectivity index (χ0v) is 15.6. The van der Waals surface area contributed by atoms with Crippen molar-refractivity contribution in [2.75, 3.05) is 5.32 Å². The number of benzene rings is 1. The Hall–Kier alpha value is -2.07. The highest BCUT2D eigenvalue weighted by Gasteiger charge is 2.18. The summed E-state index contributed by atoms with van der Waals surface area (Å²) in [5, 5.41) is 9.61. The lowest BCUT2D eigenvalue weighted by Gasteiger charge is -2.10. The average molecular weight is 387 g/mol. The third-order valence-corrected chi connectivity index (χ3v) is 5.14. The zero-order valence-electron chi connectivity index (χ0n) is 13.3. The largest absolute Gasteiger partial charge is 0.357 e. The lowest BCUT2D eigenvalue weighted by molar-refractivity contribution is 0.866. The molecule has 0 amide bonds. The summed E-state index contributed by atoms with van der Waals surface area (Å²) in [6.45, 7) is 0.572. The topological polar surface area (TPSA) is 41.4 Å². The molecular formula is C18H15ClN4S2. The molecular weight excluding hydrogens is 372 g/mol. The Kier molecular flexibility index (Phi) is 4.62. The van der Waals surface area contributed by atoms with E-state index in [1.54, 1.807) is 11.3 Å². The van der Waals surface area contributed by atoms with Gasteiger partial charge in [0.15, 0.2) is 10.1 Å². The minimum Gasteiger partial charge on any atom is -0.357 e. The van der Waals surface area contributed by atoms with Crippen LogP contribution in [-0.4, -0.2) is 14.5 Å². The Morgan fingerprint density at radius 2 is 2.32 bits per heavy atom. The van der Waals surface area contributed by atoms with Gasteiger partial charge in [0.25, 0.3) is 0 Å². The van der Waals surface area contributed by atoms with E-state index in [-0.39, 0.29) is 0 Å². The number of aromatic nitrogens is 2. The molecule has 25 heavy (non-hydrogen) atoms. The first-order valence-electron chi connectivity index (χ1n) is 7.95. The summed E-state index contributed by atoms with van der Waals surface area (Å²) in [4.78, 5) is 5.40. The van der Waals surface area contributed by atoms with Crippen molar-refractivity contribution >= 4 is 50.9 Å². The van der Waals surface area contributed by atoms with E-state index in [0.717, 1.165) is 22.0 Å². The monoisotopic (exact) mass is 386 g/mol. The zero-order chi connectivity index (χ0) is 17.2. The van der Waals surface area contributed by atoms with Crippen LogP contribution in [-0.2, 0) is 6.54 Å². The number of thiocarbonyl (C=S) groups is 1. The minimum absolute atomic E-state index is 0.540. The highest BCUT2D eigenvalue weighted by molar-refractivity contribution is 7.80. The summed E-state index contributed by atoms with van der Waals surface area (Å²) in [5.74, 6) is 7.17. The number of nitrogens with zero attached hydrogens (tertiary/aromatic N) is 2. The highest BCUT2D eigenvalue weighted by atomic mass is 35.5. The number of imidazole rings is 1. The molecule has 2 N–H and O–H groups in total. The standard InChI is InChI=1S/C18H15ClN4S2/c19-13-2-1-3-14(8-13)22-17(24)20-9-16-10-21-18-23(16)15(11-25-18)7-6-12-4-5-12/h1-3,8,10-12H,4-5,9H2,(H2,20,22,24). The van der Waals surface area contributed by atoms with Crippen LogP contribution in [0.1, 0.15) is 24.2 Å². The van der Waals surface area contributed by atoms with Crippen LogP contribution in [0, 0.1) is 17.8 Å². The molecule has 0 spiro atoms. The molecule has 2 heterocycles. The maximum atomic E-state index is 5.99. The van der Waals surface area contributed by atoms with E-state index in [2.05, 4.69) is 37.2 Å². The molecule has 0 atom stereocenters. The second-order valence-electron chi connectivity index (χ2n) is 5.85. The summed E-state index contributed by atoms with van der Waals surface area (Å²) < 4.78 is 2.09. The van der Waals surface area contributed by atoms with Crippen molar-refractivity contribution in [1.82, 2.24) is 14.7 Å². The van der Waals surface area contributed by atoms with Crippen LogP contribution in [0.3, 0.4) is 0 Å². The number of hydrogen-bond acceptors (Lipinski definition) is 3. The van der Waals surface area contributed by atoms with Crippen LogP contribution in [0.2, 0.25) is 5.02 Å². The normalized spacial score (nSPS) is 13.3. The molecule has 0 unspecified atom stereocenters. The van der Waals surface area contributed by atoms with E-state index in [9.17, 15) is 0 Å². The Morgan fingerprint density at radius 1 is 1.44 bits per heavy atom. The second-order valence-corrected chi connectivity index (χ2v) is 7.53. The molecule has 0 saturated heterocycles. The van der Waals surface area contributed by atoms with Crippen LogP contribution >= 0.6 is 35.2 Å². The van der Waals surface area contributed by atoms with Gasteiger partial charge in [-0.15, -0.1) is 11.3 Å². The highest BCUT2D eigenvalue weighted by Crippen LogP contribution is 2.28. The molecule has 1 aliphatic carbocycles. The van der Waals surface area contributed by atoms with Crippen molar-refractivity contribution in [3.63, 3.8) is 0 Å². The average Bonchev–Trinajstić information content (AvgIpc) is 3.19. The van der Waals surface area contributed by atoms with Crippen molar-refractivity contribution in [2.45, 2.75) is 19.4 Å².